The molecule has 2 unspecified atom stereocenters. The lowest BCUT2D eigenvalue weighted by Crippen LogP contribution is -2.47. The van der Waals surface area contributed by atoms with Gasteiger partial charge in [0.05, 0.1) is 6.54 Å². The summed E-state index contributed by atoms with van der Waals surface area (Å²) in [6.07, 6.45) is 4.37. The van der Waals surface area contributed by atoms with Gasteiger partial charge in [-0.15, -0.1) is 0 Å². The van der Waals surface area contributed by atoms with E-state index >= 15 is 0 Å². The molecule has 5 heteroatoms. The zero-order valence-corrected chi connectivity index (χ0v) is 11.1. The number of amides is 1. The molecule has 2 heterocycles. The van der Waals surface area contributed by atoms with Gasteiger partial charge >= 0.3 is 5.97 Å². The summed E-state index contributed by atoms with van der Waals surface area (Å²) in [5.41, 5.74) is 0. The standard InChI is InChI=1S/C13H22N2O3/c1-14(2)12(16)8-15-10-3-4-11(15)6-9(5-10)7-13(17)18/h9-11H,3-8H2,1-2H3,(H,17,18). The van der Waals surface area contributed by atoms with E-state index in [1.54, 1.807) is 19.0 Å². The van der Waals surface area contributed by atoms with Gasteiger partial charge in [0, 0.05) is 32.6 Å². The van der Waals surface area contributed by atoms with Crippen molar-refractivity contribution in [1.82, 2.24) is 9.80 Å². The van der Waals surface area contributed by atoms with Gasteiger partial charge in [-0.25, -0.2) is 0 Å². The first-order valence-electron chi connectivity index (χ1n) is 6.65. The second-order valence-corrected chi connectivity index (χ2v) is 5.78. The van der Waals surface area contributed by atoms with Gasteiger partial charge in [-0.05, 0) is 31.6 Å². The fourth-order valence-corrected chi connectivity index (χ4v) is 3.36. The molecule has 1 amide bonds. The van der Waals surface area contributed by atoms with Crippen molar-refractivity contribution in [3.63, 3.8) is 0 Å². The number of likely N-dealkylation sites (N-methyl/N-ethyl adjacent to an activating group) is 1. The van der Waals surface area contributed by atoms with Crippen molar-refractivity contribution in [1.29, 1.82) is 0 Å². The smallest absolute Gasteiger partial charge is 0.303 e. The maximum atomic E-state index is 11.8. The summed E-state index contributed by atoms with van der Waals surface area (Å²) in [7, 11) is 3.56. The highest BCUT2D eigenvalue weighted by atomic mass is 16.4. The van der Waals surface area contributed by atoms with E-state index < -0.39 is 5.97 Å². The van der Waals surface area contributed by atoms with Crippen LogP contribution in [0.2, 0.25) is 0 Å². The van der Waals surface area contributed by atoms with Crippen LogP contribution in [0.3, 0.4) is 0 Å². The normalized spacial score (nSPS) is 31.3. The summed E-state index contributed by atoms with van der Waals surface area (Å²) in [5.74, 6) is -0.258. The first kappa shape index (κ1) is 13.3. The number of carbonyl (C=O) groups excluding carboxylic acids is 1. The van der Waals surface area contributed by atoms with Crippen LogP contribution >= 0.6 is 0 Å². The van der Waals surface area contributed by atoms with E-state index in [0.29, 0.717) is 24.5 Å². The van der Waals surface area contributed by atoms with Gasteiger partial charge in [0.2, 0.25) is 5.91 Å². The number of rotatable bonds is 4. The Morgan fingerprint density at radius 1 is 1.22 bits per heavy atom. The Kier molecular flexibility index (Phi) is 3.90. The molecule has 0 radical (unpaired) electrons. The molecule has 102 valence electrons. The van der Waals surface area contributed by atoms with E-state index in [4.69, 9.17) is 5.11 Å². The predicted octanol–water partition coefficient (Wildman–Crippen LogP) is 0.792. The van der Waals surface area contributed by atoms with Crippen LogP contribution in [-0.2, 0) is 9.59 Å². The molecule has 2 saturated heterocycles. The summed E-state index contributed by atoms with van der Waals surface area (Å²) in [6, 6.07) is 0.828. The summed E-state index contributed by atoms with van der Waals surface area (Å²) < 4.78 is 0. The second-order valence-electron chi connectivity index (χ2n) is 5.78. The zero-order valence-electron chi connectivity index (χ0n) is 11.1. The largest absolute Gasteiger partial charge is 0.481 e. The monoisotopic (exact) mass is 254 g/mol. The van der Waals surface area contributed by atoms with Crippen molar-refractivity contribution in [2.45, 2.75) is 44.2 Å². The highest BCUT2D eigenvalue weighted by Gasteiger charge is 2.41. The van der Waals surface area contributed by atoms with Crippen molar-refractivity contribution < 1.29 is 14.7 Å². The van der Waals surface area contributed by atoms with Gasteiger partial charge < -0.3 is 10.0 Å². The quantitative estimate of drug-likeness (QED) is 0.806. The molecule has 2 atom stereocenters. The fraction of sp³-hybridized carbons (Fsp3) is 0.846. The zero-order chi connectivity index (χ0) is 13.3. The maximum Gasteiger partial charge on any atom is 0.303 e. The van der Waals surface area contributed by atoms with E-state index in [1.807, 2.05) is 0 Å². The molecule has 2 fully saturated rings. The van der Waals surface area contributed by atoms with Crippen molar-refractivity contribution in [2.24, 2.45) is 5.92 Å². The third kappa shape index (κ3) is 2.83. The number of aliphatic carboxylic acids is 1. The molecule has 0 aromatic carbocycles. The number of carboxylic acid groups (broad SMARTS) is 1. The van der Waals surface area contributed by atoms with E-state index in [-0.39, 0.29) is 12.3 Å². The van der Waals surface area contributed by atoms with Crippen molar-refractivity contribution >= 4 is 11.9 Å². The number of nitrogens with zero attached hydrogens (tertiary/aromatic N) is 2. The van der Waals surface area contributed by atoms with Crippen LogP contribution in [0.5, 0.6) is 0 Å². The maximum absolute atomic E-state index is 11.8. The lowest BCUT2D eigenvalue weighted by atomic mass is 9.88. The van der Waals surface area contributed by atoms with Gasteiger partial charge in [0.15, 0.2) is 0 Å². The van der Waals surface area contributed by atoms with Crippen molar-refractivity contribution in [3.8, 4) is 0 Å². The molecule has 0 spiro atoms. The number of carbonyl (C=O) groups is 2. The van der Waals surface area contributed by atoms with E-state index in [1.165, 1.54) is 0 Å². The molecule has 5 nitrogen and oxygen atoms in total. The molecule has 1 N–H and O–H groups in total. The molecule has 0 aromatic heterocycles. The summed E-state index contributed by atoms with van der Waals surface area (Å²) >= 11 is 0. The van der Waals surface area contributed by atoms with Gasteiger partial charge in [-0.3, -0.25) is 14.5 Å². The van der Waals surface area contributed by atoms with Crippen molar-refractivity contribution in [2.75, 3.05) is 20.6 Å². The lowest BCUT2D eigenvalue weighted by Gasteiger charge is -2.38. The molecule has 2 bridgehead atoms. The number of carboxylic acids is 1. The number of piperidine rings is 1. The molecule has 2 aliphatic heterocycles. The van der Waals surface area contributed by atoms with Gasteiger partial charge in [0.1, 0.15) is 0 Å². The Morgan fingerprint density at radius 2 is 1.78 bits per heavy atom. The molecule has 2 aliphatic rings. The lowest BCUT2D eigenvalue weighted by molar-refractivity contribution is -0.139. The molecule has 0 aliphatic carbocycles. The summed E-state index contributed by atoms with van der Waals surface area (Å²) in [5, 5.41) is 8.87. The van der Waals surface area contributed by atoms with Gasteiger partial charge in [-0.2, -0.15) is 0 Å². The number of fused-ring (bicyclic) bond motifs is 2. The topological polar surface area (TPSA) is 60.9 Å². The highest BCUT2D eigenvalue weighted by molar-refractivity contribution is 5.77. The van der Waals surface area contributed by atoms with Crippen LogP contribution in [0, 0.1) is 5.92 Å². The molecule has 0 aromatic rings. The molecular formula is C13H22N2O3. The minimum atomic E-state index is -0.697. The Labute approximate surface area is 108 Å². The summed E-state index contributed by atoms with van der Waals surface area (Å²) in [6.45, 7) is 0.488. The van der Waals surface area contributed by atoms with Crippen LogP contribution < -0.4 is 0 Å². The van der Waals surface area contributed by atoms with E-state index in [0.717, 1.165) is 25.7 Å². The fourth-order valence-electron chi connectivity index (χ4n) is 3.36. The van der Waals surface area contributed by atoms with Crippen LogP contribution in [0.15, 0.2) is 0 Å². The number of hydrogen-bond acceptors (Lipinski definition) is 3. The second kappa shape index (κ2) is 5.26. The first-order valence-corrected chi connectivity index (χ1v) is 6.65. The Morgan fingerprint density at radius 3 is 2.22 bits per heavy atom. The first-order chi connectivity index (χ1) is 8.47. The number of hydrogen-bond donors (Lipinski definition) is 1. The van der Waals surface area contributed by atoms with Crippen LogP contribution in [0.4, 0.5) is 0 Å². The SMILES string of the molecule is CN(C)C(=O)CN1C2CCC1CC(CC(=O)O)C2. The van der Waals surface area contributed by atoms with Crippen molar-refractivity contribution in [3.05, 3.63) is 0 Å². The van der Waals surface area contributed by atoms with Gasteiger partial charge in [0.25, 0.3) is 0 Å². The molecule has 2 rings (SSSR count). The average Bonchev–Trinajstić information content (AvgIpc) is 2.51. The third-order valence-corrected chi connectivity index (χ3v) is 4.26. The predicted molar refractivity (Wildman–Crippen MR) is 67.2 cm³/mol. The van der Waals surface area contributed by atoms with Crippen LogP contribution in [0.25, 0.3) is 0 Å². The third-order valence-electron chi connectivity index (χ3n) is 4.26. The Bertz CT molecular complexity index is 329. The summed E-state index contributed by atoms with van der Waals surface area (Å²) in [4.78, 5) is 26.5. The van der Waals surface area contributed by atoms with Crippen LogP contribution in [-0.4, -0.2) is 59.5 Å². The highest BCUT2D eigenvalue weighted by Crippen LogP contribution is 2.39. The van der Waals surface area contributed by atoms with Crippen LogP contribution in [0.1, 0.15) is 32.1 Å². The minimum absolute atomic E-state index is 0.142. The Balaban J connectivity index is 1.93. The minimum Gasteiger partial charge on any atom is -0.481 e. The molecular weight excluding hydrogens is 232 g/mol. The molecule has 18 heavy (non-hydrogen) atoms. The van der Waals surface area contributed by atoms with E-state index in [9.17, 15) is 9.59 Å². The Hall–Kier alpha value is -1.10. The van der Waals surface area contributed by atoms with Gasteiger partial charge in [-0.1, -0.05) is 0 Å². The van der Waals surface area contributed by atoms with E-state index in [2.05, 4.69) is 4.90 Å². The average molecular weight is 254 g/mol. The molecule has 0 saturated carbocycles.